The van der Waals surface area contributed by atoms with Gasteiger partial charge in [0, 0.05) is 45.1 Å². The molecule has 5 heteroatoms. The second-order valence-electron chi connectivity index (χ2n) is 6.17. The minimum Gasteiger partial charge on any atom is -0.381 e. The number of carbonyl (C=O) groups excluding carboxylic acids is 1. The molecular formula is C15H25NO4. The minimum atomic E-state index is -0.334. The average molecular weight is 283 g/mol. The zero-order valence-corrected chi connectivity index (χ0v) is 12.3. The van der Waals surface area contributed by atoms with Crippen LogP contribution in [-0.4, -0.2) is 56.1 Å². The third kappa shape index (κ3) is 2.85. The maximum atomic E-state index is 12.5. The van der Waals surface area contributed by atoms with E-state index >= 15 is 0 Å². The fourth-order valence-corrected chi connectivity index (χ4v) is 3.63. The summed E-state index contributed by atoms with van der Waals surface area (Å²) in [4.78, 5) is 14.5. The number of rotatable bonds is 2. The van der Waals surface area contributed by atoms with Crippen LogP contribution < -0.4 is 0 Å². The van der Waals surface area contributed by atoms with Crippen molar-refractivity contribution in [2.24, 2.45) is 5.92 Å². The van der Waals surface area contributed by atoms with Crippen LogP contribution in [0.3, 0.4) is 0 Å². The van der Waals surface area contributed by atoms with E-state index in [-0.39, 0.29) is 11.7 Å². The number of hydrogen-bond donors (Lipinski definition) is 0. The fraction of sp³-hybridized carbons (Fsp3) is 0.933. The number of amides is 1. The summed E-state index contributed by atoms with van der Waals surface area (Å²) in [6, 6.07) is 0.337. The van der Waals surface area contributed by atoms with Gasteiger partial charge in [0.25, 0.3) is 0 Å². The molecule has 1 aliphatic carbocycles. The predicted octanol–water partition coefficient (Wildman–Crippen LogP) is 1.56. The van der Waals surface area contributed by atoms with Gasteiger partial charge in [-0.1, -0.05) is 0 Å². The summed E-state index contributed by atoms with van der Waals surface area (Å²) in [7, 11) is 1.96. The molecule has 1 spiro atoms. The Balaban J connectivity index is 1.52. The van der Waals surface area contributed by atoms with E-state index in [4.69, 9.17) is 14.2 Å². The van der Waals surface area contributed by atoms with Crippen LogP contribution in [0, 0.1) is 5.92 Å². The Morgan fingerprint density at radius 1 is 1.00 bits per heavy atom. The van der Waals surface area contributed by atoms with Crippen molar-refractivity contribution >= 4 is 5.91 Å². The summed E-state index contributed by atoms with van der Waals surface area (Å²) in [6.07, 6.45) is 5.50. The molecule has 2 heterocycles. The summed E-state index contributed by atoms with van der Waals surface area (Å²) in [6.45, 7) is 2.86. The second kappa shape index (κ2) is 6.00. The molecule has 0 radical (unpaired) electrons. The molecule has 0 unspecified atom stereocenters. The van der Waals surface area contributed by atoms with Crippen LogP contribution in [0.2, 0.25) is 0 Å². The Bertz CT molecular complexity index is 338. The van der Waals surface area contributed by atoms with E-state index in [1.54, 1.807) is 0 Å². The Morgan fingerprint density at radius 3 is 2.20 bits per heavy atom. The highest BCUT2D eigenvalue weighted by Gasteiger charge is 2.42. The highest BCUT2D eigenvalue weighted by molar-refractivity contribution is 5.79. The third-order valence-corrected chi connectivity index (χ3v) is 5.00. The molecule has 1 saturated carbocycles. The van der Waals surface area contributed by atoms with Crippen LogP contribution in [0.15, 0.2) is 0 Å². The van der Waals surface area contributed by atoms with E-state index in [0.717, 1.165) is 51.7 Å². The summed E-state index contributed by atoms with van der Waals surface area (Å²) >= 11 is 0. The van der Waals surface area contributed by atoms with Gasteiger partial charge in [-0.25, -0.2) is 0 Å². The first-order chi connectivity index (χ1) is 9.70. The van der Waals surface area contributed by atoms with E-state index in [1.165, 1.54) is 0 Å². The molecule has 0 aromatic rings. The van der Waals surface area contributed by atoms with Gasteiger partial charge in [0.1, 0.15) is 0 Å². The van der Waals surface area contributed by atoms with Crippen molar-refractivity contribution in [3.05, 3.63) is 0 Å². The summed E-state index contributed by atoms with van der Waals surface area (Å²) in [5.74, 6) is 0.116. The molecule has 0 aromatic carbocycles. The lowest BCUT2D eigenvalue weighted by molar-refractivity contribution is -0.185. The minimum absolute atomic E-state index is 0.156. The van der Waals surface area contributed by atoms with E-state index in [1.807, 2.05) is 11.9 Å². The summed E-state index contributed by atoms with van der Waals surface area (Å²) < 4.78 is 16.8. The molecule has 0 aromatic heterocycles. The Hall–Kier alpha value is -0.650. The molecule has 114 valence electrons. The largest absolute Gasteiger partial charge is 0.381 e. The molecule has 0 bridgehead atoms. The van der Waals surface area contributed by atoms with Crippen molar-refractivity contribution < 1.29 is 19.0 Å². The maximum absolute atomic E-state index is 12.5. The maximum Gasteiger partial charge on any atom is 0.225 e. The van der Waals surface area contributed by atoms with E-state index in [9.17, 15) is 4.79 Å². The molecule has 3 rings (SSSR count). The number of carbonyl (C=O) groups is 1. The standard InChI is InChI=1S/C15H25NO4/c1-16(14(17)12-4-8-18-9-5-12)13-2-6-15(7-3-13)19-10-11-20-15/h12-13H,2-11H2,1H3. The van der Waals surface area contributed by atoms with E-state index < -0.39 is 0 Å². The molecule has 2 saturated heterocycles. The number of ether oxygens (including phenoxy) is 3. The Morgan fingerprint density at radius 2 is 1.60 bits per heavy atom. The quantitative estimate of drug-likeness (QED) is 0.771. The van der Waals surface area contributed by atoms with Gasteiger partial charge < -0.3 is 19.1 Å². The molecule has 2 aliphatic heterocycles. The Labute approximate surface area is 120 Å². The van der Waals surface area contributed by atoms with Crippen LogP contribution in [0.4, 0.5) is 0 Å². The summed E-state index contributed by atoms with van der Waals surface area (Å²) in [5.41, 5.74) is 0. The Kier molecular flexibility index (Phi) is 4.29. The second-order valence-corrected chi connectivity index (χ2v) is 6.17. The average Bonchev–Trinajstić information content (AvgIpc) is 2.96. The lowest BCUT2D eigenvalue weighted by atomic mass is 9.88. The summed E-state index contributed by atoms with van der Waals surface area (Å²) in [5, 5.41) is 0. The molecule has 0 N–H and O–H groups in total. The lowest BCUT2D eigenvalue weighted by Gasteiger charge is -2.40. The van der Waals surface area contributed by atoms with Gasteiger partial charge in [0.15, 0.2) is 5.79 Å². The fourth-order valence-electron chi connectivity index (χ4n) is 3.63. The highest BCUT2D eigenvalue weighted by Crippen LogP contribution is 2.37. The van der Waals surface area contributed by atoms with Crippen LogP contribution in [-0.2, 0) is 19.0 Å². The van der Waals surface area contributed by atoms with Gasteiger partial charge in [-0.15, -0.1) is 0 Å². The first kappa shape index (κ1) is 14.3. The first-order valence-corrected chi connectivity index (χ1v) is 7.82. The van der Waals surface area contributed by atoms with Crippen molar-refractivity contribution in [2.45, 2.75) is 50.4 Å². The molecule has 3 aliphatic rings. The van der Waals surface area contributed by atoms with Crippen molar-refractivity contribution in [3.8, 4) is 0 Å². The molecule has 1 amide bonds. The molecule has 3 fully saturated rings. The van der Waals surface area contributed by atoms with Gasteiger partial charge in [-0.05, 0) is 25.7 Å². The lowest BCUT2D eigenvalue weighted by Crippen LogP contribution is -2.47. The van der Waals surface area contributed by atoms with Gasteiger partial charge in [-0.2, -0.15) is 0 Å². The predicted molar refractivity (Wildman–Crippen MR) is 73.2 cm³/mol. The van der Waals surface area contributed by atoms with Crippen molar-refractivity contribution in [2.75, 3.05) is 33.5 Å². The van der Waals surface area contributed by atoms with Gasteiger partial charge in [0.2, 0.25) is 5.91 Å². The normalized spacial score (nSPS) is 27.9. The number of nitrogens with zero attached hydrogens (tertiary/aromatic N) is 1. The van der Waals surface area contributed by atoms with E-state index in [2.05, 4.69) is 0 Å². The van der Waals surface area contributed by atoms with Crippen LogP contribution in [0.1, 0.15) is 38.5 Å². The molecule has 20 heavy (non-hydrogen) atoms. The van der Waals surface area contributed by atoms with Crippen LogP contribution in [0.25, 0.3) is 0 Å². The van der Waals surface area contributed by atoms with Gasteiger partial charge in [-0.3, -0.25) is 4.79 Å². The third-order valence-electron chi connectivity index (χ3n) is 5.00. The first-order valence-electron chi connectivity index (χ1n) is 7.82. The zero-order chi connectivity index (χ0) is 14.0. The van der Waals surface area contributed by atoms with Crippen molar-refractivity contribution in [1.82, 2.24) is 4.90 Å². The van der Waals surface area contributed by atoms with Crippen molar-refractivity contribution in [1.29, 1.82) is 0 Å². The molecule has 0 atom stereocenters. The van der Waals surface area contributed by atoms with Crippen LogP contribution >= 0.6 is 0 Å². The topological polar surface area (TPSA) is 48.0 Å². The SMILES string of the molecule is CN(C(=O)C1CCOCC1)C1CCC2(CC1)OCCO2. The highest BCUT2D eigenvalue weighted by atomic mass is 16.7. The monoisotopic (exact) mass is 283 g/mol. The van der Waals surface area contributed by atoms with E-state index in [0.29, 0.717) is 25.2 Å². The molecular weight excluding hydrogens is 258 g/mol. The van der Waals surface area contributed by atoms with Crippen LogP contribution in [0.5, 0.6) is 0 Å². The number of hydrogen-bond acceptors (Lipinski definition) is 4. The van der Waals surface area contributed by atoms with Gasteiger partial charge in [0.05, 0.1) is 13.2 Å². The van der Waals surface area contributed by atoms with Gasteiger partial charge >= 0.3 is 0 Å². The smallest absolute Gasteiger partial charge is 0.225 e. The molecule has 5 nitrogen and oxygen atoms in total. The van der Waals surface area contributed by atoms with Crippen molar-refractivity contribution in [3.63, 3.8) is 0 Å². The zero-order valence-electron chi connectivity index (χ0n) is 12.3.